The van der Waals surface area contributed by atoms with E-state index in [4.69, 9.17) is 0 Å². The number of rotatable bonds is 6. The minimum Gasteiger partial charge on any atom is -0.351 e. The van der Waals surface area contributed by atoms with Gasteiger partial charge in [-0.1, -0.05) is 42.1 Å². The van der Waals surface area contributed by atoms with E-state index in [2.05, 4.69) is 25.6 Å². The highest BCUT2D eigenvalue weighted by Gasteiger charge is 2.12. The second-order valence-corrected chi connectivity index (χ2v) is 7.78. The average molecular weight is 420 g/mol. The first kappa shape index (κ1) is 19.8. The van der Waals surface area contributed by atoms with E-state index in [1.54, 1.807) is 7.05 Å². The van der Waals surface area contributed by atoms with Crippen molar-refractivity contribution in [3.05, 3.63) is 70.3 Å². The smallest absolute Gasteiger partial charge is 0.274 e. The molecule has 2 heterocycles. The zero-order chi connectivity index (χ0) is 21.1. The van der Waals surface area contributed by atoms with Crippen LogP contribution in [0.15, 0.2) is 58.7 Å². The molecule has 2 N–H and O–H groups in total. The number of benzene rings is 2. The highest BCUT2D eigenvalue weighted by molar-refractivity contribution is 7.99. The van der Waals surface area contributed by atoms with Crippen LogP contribution in [0.2, 0.25) is 0 Å². The van der Waals surface area contributed by atoms with Crippen molar-refractivity contribution in [3.63, 3.8) is 0 Å². The molecule has 0 unspecified atom stereocenters. The summed E-state index contributed by atoms with van der Waals surface area (Å²) < 4.78 is 1.36. The predicted octanol–water partition coefficient (Wildman–Crippen LogP) is 2.44. The zero-order valence-corrected chi connectivity index (χ0v) is 17.4. The summed E-state index contributed by atoms with van der Waals surface area (Å²) in [6, 6.07) is 13.5. The van der Waals surface area contributed by atoms with Gasteiger partial charge in [0.2, 0.25) is 5.91 Å². The Morgan fingerprint density at radius 1 is 1.20 bits per heavy atom. The van der Waals surface area contributed by atoms with Crippen molar-refractivity contribution >= 4 is 28.4 Å². The minimum absolute atomic E-state index is 0.0908. The van der Waals surface area contributed by atoms with Crippen molar-refractivity contribution in [2.75, 3.05) is 5.75 Å². The van der Waals surface area contributed by atoms with Crippen LogP contribution in [0.1, 0.15) is 11.1 Å². The summed E-state index contributed by atoms with van der Waals surface area (Å²) in [5.74, 6) is 0.160. The number of H-pyrrole nitrogens is 1. The Labute approximate surface area is 176 Å². The molecule has 4 aromatic rings. The fraction of sp³-hybridized carbons (Fsp3) is 0.190. The van der Waals surface area contributed by atoms with E-state index in [0.717, 1.165) is 27.8 Å². The number of carbonyl (C=O) groups excluding carboxylic acids is 1. The van der Waals surface area contributed by atoms with Gasteiger partial charge in [0.25, 0.3) is 5.56 Å². The number of thioether (sulfide) groups is 1. The van der Waals surface area contributed by atoms with E-state index in [9.17, 15) is 9.59 Å². The van der Waals surface area contributed by atoms with Crippen LogP contribution in [0.25, 0.3) is 22.0 Å². The summed E-state index contributed by atoms with van der Waals surface area (Å²) in [5, 5.41) is 16.0. The minimum atomic E-state index is -0.127. The van der Waals surface area contributed by atoms with Crippen LogP contribution >= 0.6 is 11.8 Å². The van der Waals surface area contributed by atoms with Crippen LogP contribution in [0.4, 0.5) is 0 Å². The average Bonchev–Trinajstić information content (AvgIpc) is 3.28. The lowest BCUT2D eigenvalue weighted by molar-refractivity contribution is -0.118. The summed E-state index contributed by atoms with van der Waals surface area (Å²) in [5.41, 5.74) is 3.56. The van der Waals surface area contributed by atoms with Crippen molar-refractivity contribution in [3.8, 4) is 11.3 Å². The standard InChI is InChI=1S/C21H20N6O2S/c1-13-7-8-14(19-16-5-3-4-6-17(16)20(29)27(2)26-19)9-15(13)10-22-18(28)11-30-21-23-12-24-25-21/h3-9,12H,10-11H2,1-2H3,(H,22,28)(H,23,24,25). The molecule has 8 nitrogen and oxygen atoms in total. The second-order valence-electron chi connectivity index (χ2n) is 6.82. The summed E-state index contributed by atoms with van der Waals surface area (Å²) in [6.45, 7) is 2.40. The number of carbonyl (C=O) groups is 1. The quantitative estimate of drug-likeness (QED) is 0.464. The molecule has 152 valence electrons. The highest BCUT2D eigenvalue weighted by Crippen LogP contribution is 2.26. The summed E-state index contributed by atoms with van der Waals surface area (Å²) in [4.78, 5) is 28.6. The predicted molar refractivity (Wildman–Crippen MR) is 116 cm³/mol. The molecular formula is C21H20N6O2S. The van der Waals surface area contributed by atoms with Gasteiger partial charge < -0.3 is 5.32 Å². The molecule has 0 spiro atoms. The number of hydrogen-bond donors (Lipinski definition) is 2. The summed E-state index contributed by atoms with van der Waals surface area (Å²) in [6.07, 6.45) is 1.41. The van der Waals surface area contributed by atoms with E-state index in [1.807, 2.05) is 49.4 Å². The van der Waals surface area contributed by atoms with E-state index in [0.29, 0.717) is 17.1 Å². The van der Waals surface area contributed by atoms with Crippen LogP contribution in [0.3, 0.4) is 0 Å². The Hall–Kier alpha value is -3.46. The van der Waals surface area contributed by atoms with Crippen molar-refractivity contribution in [1.82, 2.24) is 30.3 Å². The third kappa shape index (κ3) is 4.11. The molecule has 0 aliphatic rings. The molecule has 30 heavy (non-hydrogen) atoms. The first-order chi connectivity index (χ1) is 14.5. The third-order valence-electron chi connectivity index (χ3n) is 4.79. The molecule has 0 bridgehead atoms. The van der Waals surface area contributed by atoms with Crippen LogP contribution in [0, 0.1) is 6.92 Å². The van der Waals surface area contributed by atoms with Gasteiger partial charge >= 0.3 is 0 Å². The number of fused-ring (bicyclic) bond motifs is 1. The van der Waals surface area contributed by atoms with Crippen LogP contribution < -0.4 is 10.9 Å². The van der Waals surface area contributed by atoms with Crippen molar-refractivity contribution in [2.45, 2.75) is 18.6 Å². The molecule has 0 aliphatic heterocycles. The molecule has 1 amide bonds. The van der Waals surface area contributed by atoms with E-state index < -0.39 is 0 Å². The van der Waals surface area contributed by atoms with Crippen LogP contribution in [-0.4, -0.2) is 36.6 Å². The third-order valence-corrected chi connectivity index (χ3v) is 5.66. The Morgan fingerprint density at radius 2 is 2.00 bits per heavy atom. The molecule has 2 aromatic heterocycles. The lowest BCUT2D eigenvalue weighted by Crippen LogP contribution is -2.25. The van der Waals surface area contributed by atoms with Gasteiger partial charge in [-0.15, -0.1) is 0 Å². The van der Waals surface area contributed by atoms with Gasteiger partial charge in [-0.3, -0.25) is 14.7 Å². The molecule has 0 fully saturated rings. The van der Waals surface area contributed by atoms with Gasteiger partial charge in [0.1, 0.15) is 6.33 Å². The molecule has 2 aromatic carbocycles. The number of nitrogens with zero attached hydrogens (tertiary/aromatic N) is 4. The molecule has 0 saturated heterocycles. The SMILES string of the molecule is Cc1ccc(-c2nn(C)c(=O)c3ccccc23)cc1CNC(=O)CSc1ncn[nH]1. The van der Waals surface area contributed by atoms with Gasteiger partial charge in [-0.2, -0.15) is 10.2 Å². The Morgan fingerprint density at radius 3 is 2.77 bits per heavy atom. The first-order valence-electron chi connectivity index (χ1n) is 9.34. The first-order valence-corrected chi connectivity index (χ1v) is 10.3. The lowest BCUT2D eigenvalue weighted by atomic mass is 10.00. The van der Waals surface area contributed by atoms with Crippen molar-refractivity contribution < 1.29 is 4.79 Å². The van der Waals surface area contributed by atoms with Gasteiger partial charge in [0.15, 0.2) is 5.16 Å². The molecule has 0 aliphatic carbocycles. The fourth-order valence-electron chi connectivity index (χ4n) is 3.16. The monoisotopic (exact) mass is 420 g/mol. The highest BCUT2D eigenvalue weighted by atomic mass is 32.2. The normalized spacial score (nSPS) is 11.0. The maximum absolute atomic E-state index is 12.4. The van der Waals surface area contributed by atoms with Crippen molar-refractivity contribution in [2.24, 2.45) is 7.05 Å². The Kier molecular flexibility index (Phi) is 5.62. The topological polar surface area (TPSA) is 106 Å². The maximum Gasteiger partial charge on any atom is 0.274 e. The van der Waals surface area contributed by atoms with Crippen molar-refractivity contribution in [1.29, 1.82) is 0 Å². The largest absolute Gasteiger partial charge is 0.351 e. The number of aromatic amines is 1. The number of aryl methyl sites for hydroxylation is 2. The van der Waals surface area contributed by atoms with Crippen LogP contribution in [0.5, 0.6) is 0 Å². The number of hydrogen-bond acceptors (Lipinski definition) is 6. The Bertz CT molecular complexity index is 1270. The molecule has 0 atom stereocenters. The van der Waals surface area contributed by atoms with E-state index >= 15 is 0 Å². The second kappa shape index (κ2) is 8.50. The number of nitrogens with one attached hydrogen (secondary N) is 2. The summed E-state index contributed by atoms with van der Waals surface area (Å²) in [7, 11) is 1.65. The van der Waals surface area contributed by atoms with Gasteiger partial charge in [0.05, 0.1) is 16.8 Å². The maximum atomic E-state index is 12.4. The lowest BCUT2D eigenvalue weighted by Gasteiger charge is -2.12. The summed E-state index contributed by atoms with van der Waals surface area (Å²) >= 11 is 1.30. The van der Waals surface area contributed by atoms with E-state index in [1.165, 1.54) is 22.8 Å². The Balaban J connectivity index is 1.57. The van der Waals surface area contributed by atoms with Gasteiger partial charge in [-0.05, 0) is 30.2 Å². The van der Waals surface area contributed by atoms with Crippen LogP contribution in [-0.2, 0) is 18.4 Å². The van der Waals surface area contributed by atoms with Gasteiger partial charge in [-0.25, -0.2) is 9.67 Å². The molecule has 9 heteroatoms. The molecule has 4 rings (SSSR count). The number of amides is 1. The molecular weight excluding hydrogens is 400 g/mol. The fourth-order valence-corrected chi connectivity index (χ4v) is 3.77. The molecule has 0 radical (unpaired) electrons. The number of aromatic nitrogens is 5. The zero-order valence-electron chi connectivity index (χ0n) is 16.5. The molecule has 0 saturated carbocycles. The van der Waals surface area contributed by atoms with Gasteiger partial charge in [0, 0.05) is 24.5 Å². The van der Waals surface area contributed by atoms with E-state index in [-0.39, 0.29) is 17.2 Å².